The van der Waals surface area contributed by atoms with Crippen molar-refractivity contribution in [3.8, 4) is 0 Å². The molecule has 2 unspecified atom stereocenters. The van der Waals surface area contributed by atoms with Gasteiger partial charge < -0.3 is 15.2 Å². The van der Waals surface area contributed by atoms with Crippen molar-refractivity contribution < 1.29 is 19.4 Å². The van der Waals surface area contributed by atoms with E-state index in [1.54, 1.807) is 6.92 Å². The van der Waals surface area contributed by atoms with E-state index in [-0.39, 0.29) is 18.2 Å². The molecule has 5 nitrogen and oxygen atoms in total. The largest absolute Gasteiger partial charge is 0.481 e. The Balaban J connectivity index is 2.64. The number of hydrogen-bond donors (Lipinski definition) is 2. The number of carboxylic acids is 1. The van der Waals surface area contributed by atoms with Gasteiger partial charge in [0.15, 0.2) is 0 Å². The summed E-state index contributed by atoms with van der Waals surface area (Å²) in [5.41, 5.74) is -0.732. The highest BCUT2D eigenvalue weighted by Gasteiger charge is 2.35. The van der Waals surface area contributed by atoms with Crippen molar-refractivity contribution in [1.82, 2.24) is 5.32 Å². The van der Waals surface area contributed by atoms with E-state index in [0.29, 0.717) is 13.0 Å². The maximum atomic E-state index is 12.1. The molecule has 1 aliphatic heterocycles. The minimum atomic E-state index is -0.906. The zero-order valence-corrected chi connectivity index (χ0v) is 11.4. The van der Waals surface area contributed by atoms with E-state index in [9.17, 15) is 9.59 Å². The van der Waals surface area contributed by atoms with Gasteiger partial charge in [0.1, 0.15) is 6.10 Å². The summed E-state index contributed by atoms with van der Waals surface area (Å²) >= 11 is 0. The first kappa shape index (κ1) is 15.0. The Kier molecular flexibility index (Phi) is 5.14. The van der Waals surface area contributed by atoms with E-state index in [2.05, 4.69) is 5.32 Å². The number of carbonyl (C=O) groups is 2. The zero-order chi connectivity index (χ0) is 13.8. The van der Waals surface area contributed by atoms with E-state index in [4.69, 9.17) is 9.84 Å². The third kappa shape index (κ3) is 3.98. The minimum absolute atomic E-state index is 0.0427. The van der Waals surface area contributed by atoms with Crippen LogP contribution in [-0.4, -0.2) is 35.2 Å². The normalized spacial score (nSPS) is 23.4. The number of ether oxygens (including phenoxy) is 1. The van der Waals surface area contributed by atoms with Gasteiger partial charge in [-0.05, 0) is 32.1 Å². The van der Waals surface area contributed by atoms with E-state index < -0.39 is 17.6 Å². The second-order valence-electron chi connectivity index (χ2n) is 5.49. The van der Waals surface area contributed by atoms with Crippen LogP contribution in [0.3, 0.4) is 0 Å². The Hall–Kier alpha value is -1.10. The predicted molar refractivity (Wildman–Crippen MR) is 67.2 cm³/mol. The molecule has 1 fully saturated rings. The average Bonchev–Trinajstić information content (AvgIpc) is 2.28. The lowest BCUT2D eigenvalue weighted by Gasteiger charge is -2.35. The molecule has 0 aromatic heterocycles. The smallest absolute Gasteiger partial charge is 0.305 e. The lowest BCUT2D eigenvalue weighted by molar-refractivity contribution is -0.142. The molecule has 0 bridgehead atoms. The first-order valence-electron chi connectivity index (χ1n) is 6.50. The molecule has 1 rings (SSSR count). The summed E-state index contributed by atoms with van der Waals surface area (Å²) in [6.07, 6.45) is 2.18. The summed E-state index contributed by atoms with van der Waals surface area (Å²) in [4.78, 5) is 23.0. The van der Waals surface area contributed by atoms with Crippen LogP contribution >= 0.6 is 0 Å². The van der Waals surface area contributed by atoms with Gasteiger partial charge in [-0.25, -0.2) is 0 Å². The Morgan fingerprint density at radius 3 is 2.56 bits per heavy atom. The molecule has 2 N–H and O–H groups in total. The van der Waals surface area contributed by atoms with Gasteiger partial charge >= 0.3 is 5.97 Å². The van der Waals surface area contributed by atoms with Crippen molar-refractivity contribution in [3.05, 3.63) is 0 Å². The lowest BCUT2D eigenvalue weighted by Crippen LogP contribution is -2.54. The van der Waals surface area contributed by atoms with Gasteiger partial charge in [-0.15, -0.1) is 0 Å². The van der Waals surface area contributed by atoms with Gasteiger partial charge in [0.05, 0.1) is 12.0 Å². The van der Waals surface area contributed by atoms with Gasteiger partial charge in [0, 0.05) is 6.61 Å². The van der Waals surface area contributed by atoms with Gasteiger partial charge in [0.2, 0.25) is 5.91 Å². The van der Waals surface area contributed by atoms with Crippen LogP contribution in [-0.2, 0) is 14.3 Å². The first-order chi connectivity index (χ1) is 8.35. The Morgan fingerprint density at radius 1 is 1.44 bits per heavy atom. The van der Waals surface area contributed by atoms with Gasteiger partial charge in [-0.1, -0.05) is 13.8 Å². The molecule has 18 heavy (non-hydrogen) atoms. The summed E-state index contributed by atoms with van der Waals surface area (Å²) in [5, 5.41) is 11.8. The molecule has 1 amide bonds. The molecule has 0 aromatic carbocycles. The third-order valence-corrected chi connectivity index (χ3v) is 3.67. The second kappa shape index (κ2) is 6.18. The fourth-order valence-corrected chi connectivity index (χ4v) is 2.02. The van der Waals surface area contributed by atoms with Gasteiger partial charge in [0.25, 0.3) is 0 Å². The van der Waals surface area contributed by atoms with E-state index in [0.717, 1.165) is 12.8 Å². The van der Waals surface area contributed by atoms with Crippen LogP contribution in [0.15, 0.2) is 0 Å². The van der Waals surface area contributed by atoms with Crippen LogP contribution in [0.5, 0.6) is 0 Å². The standard InChI is InChI=1S/C13H23NO4/c1-9(2)13(3,8-11(15)16)14-12(17)10-6-4-5-7-18-10/h9-10H,4-8H2,1-3H3,(H,14,17)(H,15,16). The fraction of sp³-hybridized carbons (Fsp3) is 0.846. The Labute approximate surface area is 108 Å². The molecule has 0 spiro atoms. The van der Waals surface area contributed by atoms with Crippen molar-refractivity contribution in [2.24, 2.45) is 5.92 Å². The number of nitrogens with one attached hydrogen (secondary N) is 1. The quantitative estimate of drug-likeness (QED) is 0.783. The van der Waals surface area contributed by atoms with Crippen molar-refractivity contribution in [2.45, 2.75) is 58.1 Å². The van der Waals surface area contributed by atoms with Crippen LogP contribution in [0.4, 0.5) is 0 Å². The molecular formula is C13H23NO4. The molecule has 104 valence electrons. The molecule has 1 aliphatic rings. The maximum Gasteiger partial charge on any atom is 0.305 e. The van der Waals surface area contributed by atoms with E-state index in [1.165, 1.54) is 0 Å². The molecule has 2 atom stereocenters. The first-order valence-corrected chi connectivity index (χ1v) is 6.50. The fourth-order valence-electron chi connectivity index (χ4n) is 2.02. The van der Waals surface area contributed by atoms with Gasteiger partial charge in [-0.2, -0.15) is 0 Å². The van der Waals surface area contributed by atoms with E-state index >= 15 is 0 Å². The Morgan fingerprint density at radius 2 is 2.11 bits per heavy atom. The van der Waals surface area contributed by atoms with Crippen LogP contribution in [0.25, 0.3) is 0 Å². The number of carbonyl (C=O) groups excluding carboxylic acids is 1. The molecule has 1 saturated heterocycles. The predicted octanol–water partition coefficient (Wildman–Crippen LogP) is 1.56. The second-order valence-corrected chi connectivity index (χ2v) is 5.49. The topological polar surface area (TPSA) is 75.6 Å². The maximum absolute atomic E-state index is 12.1. The van der Waals surface area contributed by atoms with Gasteiger partial charge in [-0.3, -0.25) is 9.59 Å². The average molecular weight is 257 g/mol. The third-order valence-electron chi connectivity index (χ3n) is 3.67. The molecular weight excluding hydrogens is 234 g/mol. The zero-order valence-electron chi connectivity index (χ0n) is 11.4. The summed E-state index contributed by atoms with van der Waals surface area (Å²) in [5.74, 6) is -1.05. The van der Waals surface area contributed by atoms with Crippen molar-refractivity contribution in [1.29, 1.82) is 0 Å². The number of hydrogen-bond acceptors (Lipinski definition) is 3. The number of rotatable bonds is 5. The highest BCUT2D eigenvalue weighted by molar-refractivity contribution is 5.82. The number of amides is 1. The van der Waals surface area contributed by atoms with Crippen molar-refractivity contribution in [3.63, 3.8) is 0 Å². The molecule has 0 saturated carbocycles. The lowest BCUT2D eigenvalue weighted by atomic mass is 9.85. The van der Waals surface area contributed by atoms with Crippen LogP contribution in [0.2, 0.25) is 0 Å². The molecule has 0 aromatic rings. The van der Waals surface area contributed by atoms with E-state index in [1.807, 2.05) is 13.8 Å². The molecule has 0 radical (unpaired) electrons. The summed E-state index contributed by atoms with van der Waals surface area (Å²) in [6.45, 7) is 6.19. The summed E-state index contributed by atoms with van der Waals surface area (Å²) < 4.78 is 5.41. The monoisotopic (exact) mass is 257 g/mol. The molecule has 1 heterocycles. The Bertz CT molecular complexity index is 310. The van der Waals surface area contributed by atoms with Crippen LogP contribution in [0.1, 0.15) is 46.5 Å². The highest BCUT2D eigenvalue weighted by atomic mass is 16.5. The van der Waals surface area contributed by atoms with Crippen molar-refractivity contribution in [2.75, 3.05) is 6.61 Å². The summed E-state index contributed by atoms with van der Waals surface area (Å²) in [6, 6.07) is 0. The van der Waals surface area contributed by atoms with Crippen LogP contribution in [0, 0.1) is 5.92 Å². The number of aliphatic carboxylic acids is 1. The van der Waals surface area contributed by atoms with Crippen molar-refractivity contribution >= 4 is 11.9 Å². The van der Waals surface area contributed by atoms with Crippen LogP contribution < -0.4 is 5.32 Å². The molecule has 0 aliphatic carbocycles. The highest BCUT2D eigenvalue weighted by Crippen LogP contribution is 2.22. The SMILES string of the molecule is CC(C)C(C)(CC(=O)O)NC(=O)C1CCCCO1. The minimum Gasteiger partial charge on any atom is -0.481 e. The molecule has 5 heteroatoms. The number of carboxylic acid groups (broad SMARTS) is 1. The summed E-state index contributed by atoms with van der Waals surface area (Å²) in [7, 11) is 0.